The van der Waals surface area contributed by atoms with Crippen LogP contribution in [0.2, 0.25) is 5.02 Å². The number of carboxylic acid groups (broad SMARTS) is 1. The predicted molar refractivity (Wildman–Crippen MR) is 62.9 cm³/mol. The van der Waals surface area contributed by atoms with Crippen molar-refractivity contribution in [1.82, 2.24) is 5.32 Å². The second-order valence-corrected chi connectivity index (χ2v) is 4.68. The molecule has 5 heteroatoms. The van der Waals surface area contributed by atoms with E-state index < -0.39 is 11.5 Å². The highest BCUT2D eigenvalue weighted by atomic mass is 35.5. The first kappa shape index (κ1) is 11.9. The molecule has 1 amide bonds. The van der Waals surface area contributed by atoms with Crippen LogP contribution in [-0.4, -0.2) is 22.5 Å². The molecule has 17 heavy (non-hydrogen) atoms. The van der Waals surface area contributed by atoms with Gasteiger partial charge in [-0.25, -0.2) is 4.79 Å². The molecule has 1 fully saturated rings. The minimum atomic E-state index is -1.01. The largest absolute Gasteiger partial charge is 0.480 e. The van der Waals surface area contributed by atoms with Crippen molar-refractivity contribution in [2.24, 2.45) is 0 Å². The molecule has 0 unspecified atom stereocenters. The number of hydrogen-bond donors (Lipinski definition) is 2. The molecule has 0 atom stereocenters. The van der Waals surface area contributed by atoms with Gasteiger partial charge in [-0.3, -0.25) is 4.79 Å². The Bertz CT molecular complexity index is 451. The van der Waals surface area contributed by atoms with Crippen molar-refractivity contribution >= 4 is 23.5 Å². The summed E-state index contributed by atoms with van der Waals surface area (Å²) >= 11 is 5.73. The molecule has 0 aromatic heterocycles. The first-order valence-electron chi connectivity index (χ1n) is 5.31. The van der Waals surface area contributed by atoms with E-state index >= 15 is 0 Å². The van der Waals surface area contributed by atoms with Gasteiger partial charge in [-0.05, 0) is 30.5 Å². The van der Waals surface area contributed by atoms with Gasteiger partial charge in [0.1, 0.15) is 5.54 Å². The van der Waals surface area contributed by atoms with Gasteiger partial charge in [0.2, 0.25) is 5.91 Å². The molecule has 1 saturated carbocycles. The van der Waals surface area contributed by atoms with E-state index in [-0.39, 0.29) is 12.3 Å². The number of halogens is 1. The maximum absolute atomic E-state index is 11.7. The molecule has 2 rings (SSSR count). The number of amides is 1. The SMILES string of the molecule is O=C(Cc1ccc(Cl)cc1)NC1(C(=O)O)CC1. The Kier molecular flexibility index (Phi) is 3.07. The number of hydrogen-bond acceptors (Lipinski definition) is 2. The van der Waals surface area contributed by atoms with Crippen LogP contribution in [0, 0.1) is 0 Å². The number of carbonyl (C=O) groups excluding carboxylic acids is 1. The molecule has 0 radical (unpaired) electrons. The zero-order chi connectivity index (χ0) is 12.5. The third-order valence-corrected chi connectivity index (χ3v) is 3.07. The lowest BCUT2D eigenvalue weighted by Crippen LogP contribution is -2.43. The van der Waals surface area contributed by atoms with Crippen LogP contribution in [-0.2, 0) is 16.0 Å². The molecule has 0 heterocycles. The quantitative estimate of drug-likeness (QED) is 0.857. The van der Waals surface area contributed by atoms with Crippen LogP contribution in [0.25, 0.3) is 0 Å². The fourth-order valence-electron chi connectivity index (χ4n) is 1.62. The average Bonchev–Trinajstić information content (AvgIpc) is 3.02. The number of aliphatic carboxylic acids is 1. The summed E-state index contributed by atoms with van der Waals surface area (Å²) in [5.41, 5.74) is -0.197. The van der Waals surface area contributed by atoms with E-state index in [0.29, 0.717) is 17.9 Å². The van der Waals surface area contributed by atoms with Crippen molar-refractivity contribution < 1.29 is 14.7 Å². The molecule has 4 nitrogen and oxygen atoms in total. The topological polar surface area (TPSA) is 66.4 Å². The number of rotatable bonds is 4. The van der Waals surface area contributed by atoms with Gasteiger partial charge >= 0.3 is 5.97 Å². The highest BCUT2D eigenvalue weighted by Gasteiger charge is 2.51. The van der Waals surface area contributed by atoms with Crippen LogP contribution < -0.4 is 5.32 Å². The standard InChI is InChI=1S/C12H12ClNO3/c13-9-3-1-8(2-4-9)7-10(15)14-12(5-6-12)11(16)17/h1-4H,5-7H2,(H,14,15)(H,16,17). The average molecular weight is 254 g/mol. The minimum Gasteiger partial charge on any atom is -0.480 e. The lowest BCUT2D eigenvalue weighted by Gasteiger charge is -2.12. The fourth-order valence-corrected chi connectivity index (χ4v) is 1.74. The summed E-state index contributed by atoms with van der Waals surface area (Å²) < 4.78 is 0. The molecule has 0 aliphatic heterocycles. The number of benzene rings is 1. The fraction of sp³-hybridized carbons (Fsp3) is 0.333. The van der Waals surface area contributed by atoms with Crippen LogP contribution >= 0.6 is 11.6 Å². The van der Waals surface area contributed by atoms with Crippen LogP contribution in [0.5, 0.6) is 0 Å². The van der Waals surface area contributed by atoms with Gasteiger partial charge < -0.3 is 10.4 Å². The highest BCUT2D eigenvalue weighted by Crippen LogP contribution is 2.35. The summed E-state index contributed by atoms with van der Waals surface area (Å²) in [4.78, 5) is 22.5. The van der Waals surface area contributed by atoms with Gasteiger partial charge in [0.05, 0.1) is 6.42 Å². The van der Waals surface area contributed by atoms with Crippen LogP contribution in [0.4, 0.5) is 0 Å². The molecule has 0 saturated heterocycles. The Morgan fingerprint density at radius 2 is 1.88 bits per heavy atom. The minimum absolute atomic E-state index is 0.173. The predicted octanol–water partition coefficient (Wildman–Crippen LogP) is 1.62. The van der Waals surface area contributed by atoms with Crippen molar-refractivity contribution in [3.05, 3.63) is 34.9 Å². The molecule has 90 valence electrons. The van der Waals surface area contributed by atoms with E-state index in [1.807, 2.05) is 0 Å². The van der Waals surface area contributed by atoms with E-state index in [1.165, 1.54) is 0 Å². The number of carboxylic acids is 1. The van der Waals surface area contributed by atoms with Crippen molar-refractivity contribution in [3.63, 3.8) is 0 Å². The Morgan fingerprint density at radius 1 is 1.29 bits per heavy atom. The van der Waals surface area contributed by atoms with E-state index in [1.54, 1.807) is 24.3 Å². The zero-order valence-corrected chi connectivity index (χ0v) is 9.83. The van der Waals surface area contributed by atoms with Crippen molar-refractivity contribution in [1.29, 1.82) is 0 Å². The lowest BCUT2D eigenvalue weighted by molar-refractivity contribution is -0.143. The number of nitrogens with one attached hydrogen (secondary N) is 1. The molecular formula is C12H12ClNO3. The highest BCUT2D eigenvalue weighted by molar-refractivity contribution is 6.30. The van der Waals surface area contributed by atoms with E-state index in [4.69, 9.17) is 16.7 Å². The van der Waals surface area contributed by atoms with Crippen molar-refractivity contribution in [2.75, 3.05) is 0 Å². The van der Waals surface area contributed by atoms with Crippen molar-refractivity contribution in [3.8, 4) is 0 Å². The van der Waals surface area contributed by atoms with Crippen molar-refractivity contribution in [2.45, 2.75) is 24.8 Å². The van der Waals surface area contributed by atoms with E-state index in [2.05, 4.69) is 5.32 Å². The third-order valence-electron chi connectivity index (χ3n) is 2.82. The van der Waals surface area contributed by atoms with Gasteiger partial charge in [0.15, 0.2) is 0 Å². The smallest absolute Gasteiger partial charge is 0.329 e. The molecule has 1 aliphatic carbocycles. The Balaban J connectivity index is 1.94. The summed E-state index contributed by atoms with van der Waals surface area (Å²) in [6.45, 7) is 0. The monoisotopic (exact) mass is 253 g/mol. The second-order valence-electron chi connectivity index (χ2n) is 4.24. The Hall–Kier alpha value is -1.55. The molecule has 1 aromatic carbocycles. The van der Waals surface area contributed by atoms with Crippen LogP contribution in [0.3, 0.4) is 0 Å². The maximum Gasteiger partial charge on any atom is 0.329 e. The summed E-state index contributed by atoms with van der Waals surface area (Å²) in [5, 5.41) is 12.1. The molecular weight excluding hydrogens is 242 g/mol. The van der Waals surface area contributed by atoms with Gasteiger partial charge in [0, 0.05) is 5.02 Å². The van der Waals surface area contributed by atoms with Gasteiger partial charge in [-0.1, -0.05) is 23.7 Å². The summed E-state index contributed by atoms with van der Waals surface area (Å²) in [6.07, 6.45) is 1.19. The molecule has 2 N–H and O–H groups in total. The van der Waals surface area contributed by atoms with Gasteiger partial charge in [-0.2, -0.15) is 0 Å². The maximum atomic E-state index is 11.7. The lowest BCUT2D eigenvalue weighted by atomic mass is 10.1. The summed E-state index contributed by atoms with van der Waals surface area (Å²) in [5.74, 6) is -1.23. The van der Waals surface area contributed by atoms with Crippen LogP contribution in [0.15, 0.2) is 24.3 Å². The van der Waals surface area contributed by atoms with Crippen LogP contribution in [0.1, 0.15) is 18.4 Å². The number of carbonyl (C=O) groups is 2. The van der Waals surface area contributed by atoms with Gasteiger partial charge in [-0.15, -0.1) is 0 Å². The van der Waals surface area contributed by atoms with E-state index in [9.17, 15) is 9.59 Å². The Labute approximate surface area is 104 Å². The molecule has 0 spiro atoms. The summed E-state index contributed by atoms with van der Waals surface area (Å²) in [6, 6.07) is 6.91. The normalized spacial score (nSPS) is 16.3. The first-order valence-corrected chi connectivity index (χ1v) is 5.68. The molecule has 1 aromatic rings. The first-order chi connectivity index (χ1) is 8.02. The Morgan fingerprint density at radius 3 is 2.35 bits per heavy atom. The zero-order valence-electron chi connectivity index (χ0n) is 9.07. The second kappa shape index (κ2) is 4.37. The molecule has 1 aliphatic rings. The molecule has 0 bridgehead atoms. The third kappa shape index (κ3) is 2.77. The van der Waals surface area contributed by atoms with E-state index in [0.717, 1.165) is 5.56 Å². The summed E-state index contributed by atoms with van der Waals surface area (Å²) in [7, 11) is 0. The van der Waals surface area contributed by atoms with Gasteiger partial charge in [0.25, 0.3) is 0 Å².